The molecule has 1 N–H and O–H groups in total. The van der Waals surface area contributed by atoms with Gasteiger partial charge in [0.15, 0.2) is 0 Å². The highest BCUT2D eigenvalue weighted by molar-refractivity contribution is 6.33. The Labute approximate surface area is 106 Å². The lowest BCUT2D eigenvalue weighted by atomic mass is 10.2. The summed E-state index contributed by atoms with van der Waals surface area (Å²) in [6.45, 7) is 2.36. The number of halogens is 1. The van der Waals surface area contributed by atoms with Crippen LogP contribution in [0.5, 0.6) is 0 Å². The van der Waals surface area contributed by atoms with Gasteiger partial charge in [-0.2, -0.15) is 5.26 Å². The first-order valence-electron chi connectivity index (χ1n) is 5.28. The summed E-state index contributed by atoms with van der Waals surface area (Å²) in [6.07, 6.45) is 0. The van der Waals surface area contributed by atoms with Crippen LogP contribution in [0.25, 0.3) is 0 Å². The van der Waals surface area contributed by atoms with Crippen molar-refractivity contribution in [3.8, 4) is 6.07 Å². The van der Waals surface area contributed by atoms with Gasteiger partial charge in [-0.1, -0.05) is 11.6 Å². The molecule has 1 aromatic rings. The van der Waals surface area contributed by atoms with Crippen LogP contribution >= 0.6 is 11.6 Å². The van der Waals surface area contributed by atoms with Gasteiger partial charge < -0.3 is 14.8 Å². The highest BCUT2D eigenvalue weighted by atomic mass is 35.5. The summed E-state index contributed by atoms with van der Waals surface area (Å²) in [7, 11) is 1.63. The number of ether oxygens (including phenoxy) is 2. The van der Waals surface area contributed by atoms with E-state index in [9.17, 15) is 0 Å². The van der Waals surface area contributed by atoms with Gasteiger partial charge in [0.05, 0.1) is 42.2 Å². The summed E-state index contributed by atoms with van der Waals surface area (Å²) >= 11 is 5.98. The summed E-state index contributed by atoms with van der Waals surface area (Å²) in [5, 5.41) is 12.5. The fourth-order valence-corrected chi connectivity index (χ4v) is 1.42. The maximum absolute atomic E-state index is 8.76. The summed E-state index contributed by atoms with van der Waals surface area (Å²) in [5.41, 5.74) is 1.33. The van der Waals surface area contributed by atoms with Crippen LogP contribution in [0, 0.1) is 11.3 Å². The molecular formula is C12H15ClN2O2. The van der Waals surface area contributed by atoms with Crippen LogP contribution in [0.2, 0.25) is 5.02 Å². The molecule has 0 heterocycles. The van der Waals surface area contributed by atoms with E-state index in [2.05, 4.69) is 11.4 Å². The van der Waals surface area contributed by atoms with Crippen molar-refractivity contribution in [2.75, 3.05) is 38.8 Å². The minimum Gasteiger partial charge on any atom is -0.382 e. The molecule has 17 heavy (non-hydrogen) atoms. The first-order chi connectivity index (χ1) is 8.27. The third-order valence-corrected chi connectivity index (χ3v) is 2.42. The Balaban J connectivity index is 2.33. The van der Waals surface area contributed by atoms with Gasteiger partial charge in [-0.25, -0.2) is 0 Å². The molecule has 0 unspecified atom stereocenters. The molecule has 0 spiro atoms. The zero-order valence-corrected chi connectivity index (χ0v) is 10.5. The highest BCUT2D eigenvalue weighted by Gasteiger charge is 2.00. The molecule has 1 rings (SSSR count). The van der Waals surface area contributed by atoms with E-state index < -0.39 is 0 Å². The maximum Gasteiger partial charge on any atom is 0.0992 e. The summed E-state index contributed by atoms with van der Waals surface area (Å²) < 4.78 is 10.2. The lowest BCUT2D eigenvalue weighted by Gasteiger charge is -2.09. The van der Waals surface area contributed by atoms with Crippen molar-refractivity contribution in [2.24, 2.45) is 0 Å². The minimum atomic E-state index is 0.566. The molecule has 0 fully saturated rings. The molecule has 0 aromatic heterocycles. The normalized spacial score (nSPS) is 9.94. The molecular weight excluding hydrogens is 240 g/mol. The van der Waals surface area contributed by atoms with Crippen LogP contribution in [0.3, 0.4) is 0 Å². The van der Waals surface area contributed by atoms with Gasteiger partial charge in [0.1, 0.15) is 0 Å². The van der Waals surface area contributed by atoms with Crippen molar-refractivity contribution in [3.05, 3.63) is 28.8 Å². The second-order valence-electron chi connectivity index (χ2n) is 3.34. The lowest BCUT2D eigenvalue weighted by Crippen LogP contribution is -2.12. The van der Waals surface area contributed by atoms with Crippen LogP contribution in [0.15, 0.2) is 18.2 Å². The van der Waals surface area contributed by atoms with E-state index in [1.54, 1.807) is 25.3 Å². The van der Waals surface area contributed by atoms with E-state index in [0.29, 0.717) is 37.0 Å². The summed E-state index contributed by atoms with van der Waals surface area (Å²) in [5.74, 6) is 0. The molecule has 92 valence electrons. The fraction of sp³-hybridized carbons (Fsp3) is 0.417. The maximum atomic E-state index is 8.76. The molecule has 0 aliphatic rings. The Hall–Kier alpha value is -1.28. The topological polar surface area (TPSA) is 54.3 Å². The molecule has 0 saturated heterocycles. The molecule has 4 nitrogen and oxygen atoms in total. The Morgan fingerprint density at radius 3 is 2.88 bits per heavy atom. The second-order valence-corrected chi connectivity index (χ2v) is 3.75. The molecule has 5 heteroatoms. The van der Waals surface area contributed by atoms with Crippen molar-refractivity contribution in [1.29, 1.82) is 5.26 Å². The number of hydrogen-bond donors (Lipinski definition) is 1. The number of anilines is 1. The number of hydrogen-bond acceptors (Lipinski definition) is 4. The third kappa shape index (κ3) is 5.05. The van der Waals surface area contributed by atoms with Gasteiger partial charge in [0.2, 0.25) is 0 Å². The standard InChI is InChI=1S/C12H15ClN2O2/c1-16-6-7-17-5-4-15-12-8-10(9-14)2-3-11(12)13/h2-3,8,15H,4-7H2,1H3. The van der Waals surface area contributed by atoms with Crippen LogP contribution in [0.4, 0.5) is 5.69 Å². The van der Waals surface area contributed by atoms with Crippen LogP contribution < -0.4 is 5.32 Å². The van der Waals surface area contributed by atoms with Crippen LogP contribution in [-0.2, 0) is 9.47 Å². The Morgan fingerprint density at radius 2 is 2.18 bits per heavy atom. The molecule has 1 aromatic carbocycles. The van der Waals surface area contributed by atoms with Gasteiger partial charge >= 0.3 is 0 Å². The first-order valence-corrected chi connectivity index (χ1v) is 5.66. The van der Waals surface area contributed by atoms with Gasteiger partial charge in [-0.15, -0.1) is 0 Å². The van der Waals surface area contributed by atoms with Crippen molar-refractivity contribution in [2.45, 2.75) is 0 Å². The van der Waals surface area contributed by atoms with Crippen molar-refractivity contribution >= 4 is 17.3 Å². The highest BCUT2D eigenvalue weighted by Crippen LogP contribution is 2.22. The summed E-state index contributed by atoms with van der Waals surface area (Å²) in [4.78, 5) is 0. The zero-order valence-electron chi connectivity index (χ0n) is 9.70. The summed E-state index contributed by atoms with van der Waals surface area (Å²) in [6, 6.07) is 7.17. The van der Waals surface area contributed by atoms with E-state index in [4.69, 9.17) is 26.3 Å². The first kappa shape index (κ1) is 13.8. The number of nitriles is 1. The van der Waals surface area contributed by atoms with E-state index in [-0.39, 0.29) is 0 Å². The molecule has 0 aliphatic carbocycles. The number of rotatable bonds is 7. The number of nitrogens with zero attached hydrogens (tertiary/aromatic N) is 1. The van der Waals surface area contributed by atoms with Crippen LogP contribution in [-0.4, -0.2) is 33.5 Å². The van der Waals surface area contributed by atoms with Crippen molar-refractivity contribution in [3.63, 3.8) is 0 Å². The van der Waals surface area contributed by atoms with E-state index in [1.165, 1.54) is 0 Å². The SMILES string of the molecule is COCCOCCNc1cc(C#N)ccc1Cl. The molecule has 0 bridgehead atoms. The van der Waals surface area contributed by atoms with E-state index in [0.717, 1.165) is 5.69 Å². The van der Waals surface area contributed by atoms with Gasteiger partial charge in [-0.3, -0.25) is 0 Å². The number of benzene rings is 1. The van der Waals surface area contributed by atoms with Gasteiger partial charge in [0, 0.05) is 13.7 Å². The Morgan fingerprint density at radius 1 is 1.35 bits per heavy atom. The average molecular weight is 255 g/mol. The largest absolute Gasteiger partial charge is 0.382 e. The quantitative estimate of drug-likeness (QED) is 0.759. The van der Waals surface area contributed by atoms with E-state index in [1.807, 2.05) is 0 Å². The second kappa shape index (κ2) is 7.91. The molecule has 0 saturated carbocycles. The Kier molecular flexibility index (Phi) is 6.41. The molecule has 0 radical (unpaired) electrons. The third-order valence-electron chi connectivity index (χ3n) is 2.09. The smallest absolute Gasteiger partial charge is 0.0992 e. The molecule has 0 atom stereocenters. The average Bonchev–Trinajstić information content (AvgIpc) is 2.35. The Bertz CT molecular complexity index is 391. The predicted molar refractivity (Wildman–Crippen MR) is 67.4 cm³/mol. The monoisotopic (exact) mass is 254 g/mol. The molecule has 0 aliphatic heterocycles. The van der Waals surface area contributed by atoms with Gasteiger partial charge in [0.25, 0.3) is 0 Å². The molecule has 0 amide bonds. The lowest BCUT2D eigenvalue weighted by molar-refractivity contribution is 0.0759. The van der Waals surface area contributed by atoms with Crippen molar-refractivity contribution < 1.29 is 9.47 Å². The van der Waals surface area contributed by atoms with Crippen molar-refractivity contribution in [1.82, 2.24) is 0 Å². The minimum absolute atomic E-state index is 0.566. The number of methoxy groups -OCH3 is 1. The van der Waals surface area contributed by atoms with E-state index >= 15 is 0 Å². The number of nitrogens with one attached hydrogen (secondary N) is 1. The van der Waals surface area contributed by atoms with Gasteiger partial charge in [-0.05, 0) is 18.2 Å². The zero-order chi connectivity index (χ0) is 12.5. The van der Waals surface area contributed by atoms with Crippen LogP contribution in [0.1, 0.15) is 5.56 Å². The predicted octanol–water partition coefficient (Wildman–Crippen LogP) is 2.29. The fourth-order valence-electron chi connectivity index (χ4n) is 1.23.